The summed E-state index contributed by atoms with van der Waals surface area (Å²) in [6.45, 7) is 8.19. The van der Waals surface area contributed by atoms with E-state index in [-0.39, 0.29) is 11.8 Å². The third-order valence-electron chi connectivity index (χ3n) is 2.97. The topological polar surface area (TPSA) is 52.7 Å². The zero-order valence-corrected chi connectivity index (χ0v) is 10.9. The summed E-state index contributed by atoms with van der Waals surface area (Å²) in [7, 11) is 0. The molecule has 1 N–H and O–H groups in total. The molecule has 2 amide bonds. The van der Waals surface area contributed by atoms with Gasteiger partial charge in [-0.05, 0) is 26.3 Å². The second-order valence-electron chi connectivity index (χ2n) is 4.28. The Bertz CT molecular complexity index is 260. The van der Waals surface area contributed by atoms with Crippen molar-refractivity contribution in [3.8, 4) is 0 Å². The maximum absolute atomic E-state index is 12.0. The minimum Gasteiger partial charge on any atom is -0.335 e. The molecule has 1 aliphatic heterocycles. The van der Waals surface area contributed by atoms with Crippen LogP contribution in [0.3, 0.4) is 0 Å². The molecular weight excluding hydrogens is 218 g/mol. The third kappa shape index (κ3) is 4.00. The minimum absolute atomic E-state index is 0.344. The van der Waals surface area contributed by atoms with Crippen LogP contribution < -0.4 is 5.32 Å². The van der Waals surface area contributed by atoms with Gasteiger partial charge in [-0.1, -0.05) is 6.92 Å². The second kappa shape index (κ2) is 7.27. The number of carbonyl (C=O) groups is 2. The maximum Gasteiger partial charge on any atom is 0.312 e. The average molecular weight is 241 g/mol. The van der Waals surface area contributed by atoms with Crippen LogP contribution in [0.15, 0.2) is 0 Å². The van der Waals surface area contributed by atoms with Crippen molar-refractivity contribution in [3.05, 3.63) is 0 Å². The fourth-order valence-electron chi connectivity index (χ4n) is 1.99. The summed E-state index contributed by atoms with van der Waals surface area (Å²) in [5.74, 6) is -0.694. The van der Waals surface area contributed by atoms with Gasteiger partial charge in [0.2, 0.25) is 0 Å². The summed E-state index contributed by atoms with van der Waals surface area (Å²) in [5.41, 5.74) is 0. The first-order chi connectivity index (χ1) is 8.20. The predicted octanol–water partition coefficient (Wildman–Crippen LogP) is 0.0668. The standard InChI is InChI=1S/C12H23N3O2/c1-3-8-14(4-2)11(16)12(17)15-9-5-6-13-7-10-15/h13H,3-10H2,1-2H3. The number of likely N-dealkylation sites (N-methyl/N-ethyl adjacent to an activating group) is 1. The van der Waals surface area contributed by atoms with Gasteiger partial charge in [0.15, 0.2) is 0 Å². The number of nitrogens with zero attached hydrogens (tertiary/aromatic N) is 2. The van der Waals surface area contributed by atoms with Crippen LogP contribution in [-0.4, -0.2) is 60.9 Å². The van der Waals surface area contributed by atoms with Gasteiger partial charge in [0.25, 0.3) is 0 Å². The Labute approximate surface area is 103 Å². The molecule has 5 heteroatoms. The molecule has 1 saturated heterocycles. The smallest absolute Gasteiger partial charge is 0.312 e. The molecule has 0 unspecified atom stereocenters. The molecule has 98 valence electrons. The molecule has 0 aromatic heterocycles. The molecule has 0 atom stereocenters. The van der Waals surface area contributed by atoms with Crippen LogP contribution in [0.1, 0.15) is 26.7 Å². The molecule has 0 radical (unpaired) electrons. The Morgan fingerprint density at radius 1 is 1.24 bits per heavy atom. The zero-order chi connectivity index (χ0) is 12.7. The van der Waals surface area contributed by atoms with Crippen molar-refractivity contribution >= 4 is 11.8 Å². The van der Waals surface area contributed by atoms with Crippen LogP contribution in [0, 0.1) is 0 Å². The van der Waals surface area contributed by atoms with Crippen molar-refractivity contribution in [2.24, 2.45) is 0 Å². The molecule has 0 spiro atoms. The Morgan fingerprint density at radius 3 is 2.65 bits per heavy atom. The lowest BCUT2D eigenvalue weighted by Crippen LogP contribution is -2.46. The van der Waals surface area contributed by atoms with Gasteiger partial charge in [-0.15, -0.1) is 0 Å². The van der Waals surface area contributed by atoms with Crippen molar-refractivity contribution in [1.82, 2.24) is 15.1 Å². The summed E-state index contributed by atoms with van der Waals surface area (Å²) in [6.07, 6.45) is 1.80. The van der Waals surface area contributed by atoms with Crippen LogP contribution in [-0.2, 0) is 9.59 Å². The molecular formula is C12H23N3O2. The lowest BCUT2D eigenvalue weighted by molar-refractivity contribution is -0.151. The van der Waals surface area contributed by atoms with Crippen LogP contribution >= 0.6 is 0 Å². The first kappa shape index (κ1) is 14.0. The fourth-order valence-corrected chi connectivity index (χ4v) is 1.99. The van der Waals surface area contributed by atoms with Crippen molar-refractivity contribution in [3.63, 3.8) is 0 Å². The average Bonchev–Trinajstić information content (AvgIpc) is 2.63. The summed E-state index contributed by atoms with van der Waals surface area (Å²) < 4.78 is 0. The lowest BCUT2D eigenvalue weighted by Gasteiger charge is -2.24. The predicted molar refractivity (Wildman–Crippen MR) is 66.6 cm³/mol. The third-order valence-corrected chi connectivity index (χ3v) is 2.97. The van der Waals surface area contributed by atoms with E-state index in [1.165, 1.54) is 0 Å². The van der Waals surface area contributed by atoms with Crippen LogP contribution in [0.25, 0.3) is 0 Å². The van der Waals surface area contributed by atoms with E-state index in [0.29, 0.717) is 26.2 Å². The van der Waals surface area contributed by atoms with Gasteiger partial charge in [0.05, 0.1) is 0 Å². The highest BCUT2D eigenvalue weighted by Gasteiger charge is 2.25. The van der Waals surface area contributed by atoms with E-state index in [4.69, 9.17) is 0 Å². The van der Waals surface area contributed by atoms with Gasteiger partial charge < -0.3 is 15.1 Å². The molecule has 0 saturated carbocycles. The van der Waals surface area contributed by atoms with E-state index >= 15 is 0 Å². The fraction of sp³-hybridized carbons (Fsp3) is 0.833. The number of hydrogen-bond acceptors (Lipinski definition) is 3. The van der Waals surface area contributed by atoms with Crippen LogP contribution in [0.2, 0.25) is 0 Å². The first-order valence-corrected chi connectivity index (χ1v) is 6.49. The first-order valence-electron chi connectivity index (χ1n) is 6.49. The zero-order valence-electron chi connectivity index (χ0n) is 10.9. The van der Waals surface area contributed by atoms with Gasteiger partial charge in [0.1, 0.15) is 0 Å². The van der Waals surface area contributed by atoms with E-state index in [9.17, 15) is 9.59 Å². The van der Waals surface area contributed by atoms with Gasteiger partial charge >= 0.3 is 11.8 Å². The molecule has 1 aliphatic rings. The van der Waals surface area contributed by atoms with Crippen LogP contribution in [0.5, 0.6) is 0 Å². The minimum atomic E-state index is -0.351. The Balaban J connectivity index is 2.57. The molecule has 1 heterocycles. The van der Waals surface area contributed by atoms with Crippen molar-refractivity contribution in [2.45, 2.75) is 26.7 Å². The molecule has 0 bridgehead atoms. The Morgan fingerprint density at radius 2 is 2.00 bits per heavy atom. The monoisotopic (exact) mass is 241 g/mol. The molecule has 1 rings (SSSR count). The molecule has 0 aromatic rings. The van der Waals surface area contributed by atoms with Gasteiger partial charge in [-0.3, -0.25) is 9.59 Å². The van der Waals surface area contributed by atoms with Crippen molar-refractivity contribution in [2.75, 3.05) is 39.3 Å². The van der Waals surface area contributed by atoms with E-state index in [0.717, 1.165) is 25.9 Å². The normalized spacial score (nSPS) is 16.5. The van der Waals surface area contributed by atoms with Crippen LogP contribution in [0.4, 0.5) is 0 Å². The lowest BCUT2D eigenvalue weighted by atomic mass is 10.3. The summed E-state index contributed by atoms with van der Waals surface area (Å²) in [4.78, 5) is 27.3. The molecule has 17 heavy (non-hydrogen) atoms. The van der Waals surface area contributed by atoms with Crippen molar-refractivity contribution < 1.29 is 9.59 Å². The second-order valence-corrected chi connectivity index (χ2v) is 4.28. The summed E-state index contributed by atoms with van der Waals surface area (Å²) >= 11 is 0. The van der Waals surface area contributed by atoms with E-state index in [2.05, 4.69) is 5.32 Å². The van der Waals surface area contributed by atoms with E-state index in [1.807, 2.05) is 13.8 Å². The highest BCUT2D eigenvalue weighted by atomic mass is 16.2. The number of carbonyl (C=O) groups excluding carboxylic acids is 2. The van der Waals surface area contributed by atoms with Gasteiger partial charge in [-0.25, -0.2) is 0 Å². The van der Waals surface area contributed by atoms with Gasteiger partial charge in [-0.2, -0.15) is 0 Å². The number of nitrogens with one attached hydrogen (secondary N) is 1. The molecule has 1 fully saturated rings. The molecule has 5 nitrogen and oxygen atoms in total. The highest BCUT2D eigenvalue weighted by molar-refractivity contribution is 6.34. The SMILES string of the molecule is CCCN(CC)C(=O)C(=O)N1CCCNCC1. The van der Waals surface area contributed by atoms with Gasteiger partial charge in [0, 0.05) is 32.7 Å². The Hall–Kier alpha value is -1.10. The highest BCUT2D eigenvalue weighted by Crippen LogP contribution is 2.01. The van der Waals surface area contributed by atoms with E-state index in [1.54, 1.807) is 9.80 Å². The maximum atomic E-state index is 12.0. The quantitative estimate of drug-likeness (QED) is 0.711. The number of hydrogen-bond donors (Lipinski definition) is 1. The number of amides is 2. The number of rotatable bonds is 3. The summed E-state index contributed by atoms with van der Waals surface area (Å²) in [5, 5.41) is 3.22. The molecule has 0 aliphatic carbocycles. The largest absolute Gasteiger partial charge is 0.335 e. The Kier molecular flexibility index (Phi) is 5.97. The summed E-state index contributed by atoms with van der Waals surface area (Å²) in [6, 6.07) is 0. The molecule has 0 aromatic carbocycles. The van der Waals surface area contributed by atoms with E-state index < -0.39 is 0 Å². The van der Waals surface area contributed by atoms with Crippen molar-refractivity contribution in [1.29, 1.82) is 0 Å².